The number of aliphatic carboxylic acids is 1. The molecule has 1 aromatic carbocycles. The Morgan fingerprint density at radius 2 is 1.95 bits per heavy atom. The molecule has 122 valence electrons. The molecule has 0 fully saturated rings. The van der Waals surface area contributed by atoms with Crippen LogP contribution >= 0.6 is 0 Å². The molecule has 1 unspecified atom stereocenters. The van der Waals surface area contributed by atoms with Gasteiger partial charge in [0.05, 0.1) is 12.5 Å². The van der Waals surface area contributed by atoms with Crippen molar-refractivity contribution in [3.05, 3.63) is 29.8 Å². The molecule has 0 aliphatic rings. The summed E-state index contributed by atoms with van der Waals surface area (Å²) in [5.74, 6) is -0.684. The van der Waals surface area contributed by atoms with Crippen LogP contribution < -0.4 is 10.1 Å². The molecule has 6 heteroatoms. The summed E-state index contributed by atoms with van der Waals surface area (Å²) < 4.78 is 5.56. The predicted octanol–water partition coefficient (Wildman–Crippen LogP) is 2.13. The van der Waals surface area contributed by atoms with Gasteiger partial charge < -0.3 is 20.1 Å². The normalized spacial score (nSPS) is 11.6. The SMILES string of the molecule is Cc1ccc(OCCCNC(=O)N(C)CC(C)C(=O)O)cc1. The van der Waals surface area contributed by atoms with E-state index in [0.29, 0.717) is 19.6 Å². The molecule has 0 saturated carbocycles. The van der Waals surface area contributed by atoms with E-state index in [2.05, 4.69) is 5.32 Å². The first-order chi connectivity index (χ1) is 10.4. The zero-order chi connectivity index (χ0) is 16.5. The molecule has 1 rings (SSSR count). The Hall–Kier alpha value is -2.24. The number of carbonyl (C=O) groups is 2. The van der Waals surface area contributed by atoms with E-state index in [9.17, 15) is 9.59 Å². The van der Waals surface area contributed by atoms with Gasteiger partial charge in [-0.15, -0.1) is 0 Å². The second-order valence-corrected chi connectivity index (χ2v) is 5.37. The second-order valence-electron chi connectivity index (χ2n) is 5.37. The van der Waals surface area contributed by atoms with E-state index in [1.807, 2.05) is 31.2 Å². The molecule has 22 heavy (non-hydrogen) atoms. The van der Waals surface area contributed by atoms with Crippen molar-refractivity contribution in [2.45, 2.75) is 20.3 Å². The van der Waals surface area contributed by atoms with Gasteiger partial charge >= 0.3 is 12.0 Å². The van der Waals surface area contributed by atoms with Gasteiger partial charge in [-0.2, -0.15) is 0 Å². The number of hydrogen-bond donors (Lipinski definition) is 2. The van der Waals surface area contributed by atoms with Crippen molar-refractivity contribution in [3.63, 3.8) is 0 Å². The summed E-state index contributed by atoms with van der Waals surface area (Å²) >= 11 is 0. The summed E-state index contributed by atoms with van der Waals surface area (Å²) in [5, 5.41) is 11.5. The molecule has 6 nitrogen and oxygen atoms in total. The Morgan fingerprint density at radius 3 is 2.55 bits per heavy atom. The first kappa shape index (κ1) is 17.8. The second kappa shape index (κ2) is 8.92. The zero-order valence-electron chi connectivity index (χ0n) is 13.3. The molecule has 0 aromatic heterocycles. The topological polar surface area (TPSA) is 78.9 Å². The van der Waals surface area contributed by atoms with Gasteiger partial charge in [0.1, 0.15) is 5.75 Å². The van der Waals surface area contributed by atoms with Crippen molar-refractivity contribution in [2.24, 2.45) is 5.92 Å². The Labute approximate surface area is 131 Å². The Bertz CT molecular complexity index is 487. The Balaban J connectivity index is 2.17. The first-order valence-electron chi connectivity index (χ1n) is 7.31. The van der Waals surface area contributed by atoms with Gasteiger partial charge in [-0.3, -0.25) is 4.79 Å². The number of ether oxygens (including phenoxy) is 1. The number of rotatable bonds is 8. The van der Waals surface area contributed by atoms with E-state index in [4.69, 9.17) is 9.84 Å². The van der Waals surface area contributed by atoms with Crippen LogP contribution in [-0.4, -0.2) is 48.8 Å². The molecular weight excluding hydrogens is 284 g/mol. The maximum atomic E-state index is 11.8. The average Bonchev–Trinajstić information content (AvgIpc) is 2.48. The number of nitrogens with zero attached hydrogens (tertiary/aromatic N) is 1. The third-order valence-electron chi connectivity index (χ3n) is 3.20. The number of nitrogens with one attached hydrogen (secondary N) is 1. The van der Waals surface area contributed by atoms with Crippen LogP contribution in [0.1, 0.15) is 18.9 Å². The van der Waals surface area contributed by atoms with Gasteiger partial charge in [0.25, 0.3) is 0 Å². The molecule has 0 spiro atoms. The van der Waals surface area contributed by atoms with Crippen molar-refractivity contribution in [1.29, 1.82) is 0 Å². The molecule has 0 aliphatic heterocycles. The van der Waals surface area contributed by atoms with E-state index in [1.165, 1.54) is 10.5 Å². The summed E-state index contributed by atoms with van der Waals surface area (Å²) in [7, 11) is 1.58. The zero-order valence-corrected chi connectivity index (χ0v) is 13.3. The highest BCUT2D eigenvalue weighted by Gasteiger charge is 2.16. The molecular formula is C16H24N2O4. The minimum atomic E-state index is -0.911. The van der Waals surface area contributed by atoms with Gasteiger partial charge in [0.15, 0.2) is 0 Å². The van der Waals surface area contributed by atoms with Crippen LogP contribution in [0.4, 0.5) is 4.79 Å². The number of carbonyl (C=O) groups excluding carboxylic acids is 1. The standard InChI is InChI=1S/C16H24N2O4/c1-12-5-7-14(8-6-12)22-10-4-9-17-16(21)18(3)11-13(2)15(19)20/h5-8,13H,4,9-11H2,1-3H3,(H,17,21)(H,19,20). The minimum Gasteiger partial charge on any atom is -0.494 e. The van der Waals surface area contributed by atoms with Crippen molar-refractivity contribution in [2.75, 3.05) is 26.7 Å². The first-order valence-corrected chi connectivity index (χ1v) is 7.31. The number of hydrogen-bond acceptors (Lipinski definition) is 3. The summed E-state index contributed by atoms with van der Waals surface area (Å²) in [6.07, 6.45) is 0.682. The number of benzene rings is 1. The van der Waals surface area contributed by atoms with Crippen molar-refractivity contribution < 1.29 is 19.4 Å². The highest BCUT2D eigenvalue weighted by Crippen LogP contribution is 2.11. The molecule has 2 N–H and O–H groups in total. The lowest BCUT2D eigenvalue weighted by atomic mass is 10.2. The van der Waals surface area contributed by atoms with E-state index < -0.39 is 11.9 Å². The van der Waals surface area contributed by atoms with Gasteiger partial charge in [0, 0.05) is 20.1 Å². The fourth-order valence-corrected chi connectivity index (χ4v) is 1.80. The van der Waals surface area contributed by atoms with Gasteiger partial charge in [0.2, 0.25) is 0 Å². The smallest absolute Gasteiger partial charge is 0.317 e. The molecule has 0 heterocycles. The summed E-state index contributed by atoms with van der Waals surface area (Å²) in [6.45, 7) is 4.76. The number of aryl methyl sites for hydroxylation is 1. The lowest BCUT2D eigenvalue weighted by Gasteiger charge is -2.20. The lowest BCUT2D eigenvalue weighted by Crippen LogP contribution is -2.41. The average molecular weight is 308 g/mol. The highest BCUT2D eigenvalue weighted by molar-refractivity contribution is 5.75. The molecule has 1 atom stereocenters. The number of urea groups is 1. The molecule has 0 bridgehead atoms. The van der Waals surface area contributed by atoms with Crippen LogP contribution in [-0.2, 0) is 4.79 Å². The fraction of sp³-hybridized carbons (Fsp3) is 0.500. The quantitative estimate of drug-likeness (QED) is 0.721. The van der Waals surface area contributed by atoms with E-state index in [0.717, 1.165) is 5.75 Å². The maximum absolute atomic E-state index is 11.8. The van der Waals surface area contributed by atoms with Crippen molar-refractivity contribution in [3.8, 4) is 5.75 Å². The van der Waals surface area contributed by atoms with E-state index in [1.54, 1.807) is 14.0 Å². The van der Waals surface area contributed by atoms with E-state index >= 15 is 0 Å². The van der Waals surface area contributed by atoms with Crippen LogP contribution in [0.5, 0.6) is 5.75 Å². The Kier molecular flexibility index (Phi) is 7.22. The number of carboxylic acid groups (broad SMARTS) is 1. The third-order valence-corrected chi connectivity index (χ3v) is 3.20. The van der Waals surface area contributed by atoms with Crippen LogP contribution in [0, 0.1) is 12.8 Å². The molecule has 0 aliphatic carbocycles. The summed E-state index contributed by atoms with van der Waals surface area (Å²) in [4.78, 5) is 23.9. The van der Waals surface area contributed by atoms with Gasteiger partial charge in [-0.25, -0.2) is 4.79 Å². The van der Waals surface area contributed by atoms with Crippen LogP contribution in [0.25, 0.3) is 0 Å². The van der Waals surface area contributed by atoms with Crippen LogP contribution in [0.2, 0.25) is 0 Å². The number of amides is 2. The third kappa shape index (κ3) is 6.47. The van der Waals surface area contributed by atoms with E-state index in [-0.39, 0.29) is 12.6 Å². The van der Waals surface area contributed by atoms with Crippen LogP contribution in [0.3, 0.4) is 0 Å². The summed E-state index contributed by atoms with van der Waals surface area (Å²) in [6, 6.07) is 7.51. The lowest BCUT2D eigenvalue weighted by molar-refractivity contribution is -0.141. The predicted molar refractivity (Wildman–Crippen MR) is 84.1 cm³/mol. The molecule has 1 aromatic rings. The van der Waals surface area contributed by atoms with Gasteiger partial charge in [-0.1, -0.05) is 24.6 Å². The molecule has 2 amide bonds. The monoisotopic (exact) mass is 308 g/mol. The highest BCUT2D eigenvalue weighted by atomic mass is 16.5. The fourth-order valence-electron chi connectivity index (χ4n) is 1.80. The van der Waals surface area contributed by atoms with Crippen molar-refractivity contribution >= 4 is 12.0 Å². The maximum Gasteiger partial charge on any atom is 0.317 e. The Morgan fingerprint density at radius 1 is 1.32 bits per heavy atom. The molecule has 0 saturated heterocycles. The summed E-state index contributed by atoms with van der Waals surface area (Å²) in [5.41, 5.74) is 1.18. The van der Waals surface area contributed by atoms with Crippen LogP contribution in [0.15, 0.2) is 24.3 Å². The van der Waals surface area contributed by atoms with Gasteiger partial charge in [-0.05, 0) is 25.5 Å². The molecule has 0 radical (unpaired) electrons. The number of carboxylic acids is 1. The largest absolute Gasteiger partial charge is 0.494 e. The van der Waals surface area contributed by atoms with Crippen molar-refractivity contribution in [1.82, 2.24) is 10.2 Å². The minimum absolute atomic E-state index is 0.182.